The van der Waals surface area contributed by atoms with E-state index in [-0.39, 0.29) is 18.5 Å². The molecular weight excluding hydrogens is 971 g/mol. The summed E-state index contributed by atoms with van der Waals surface area (Å²) in [5, 5.41) is 23.3. The molecule has 0 radical (unpaired) electrons. The number of hydrogen-bond donors (Lipinski definition) is 3. The van der Waals surface area contributed by atoms with Gasteiger partial charge in [-0.25, -0.2) is 0 Å². The van der Waals surface area contributed by atoms with Crippen molar-refractivity contribution in [2.24, 2.45) is 0 Å². The van der Waals surface area contributed by atoms with Gasteiger partial charge in [0.25, 0.3) is 0 Å². The molecule has 0 aromatic heterocycles. The fraction of sp³-hybridized carbons (Fsp3) is 0.836. The summed E-state index contributed by atoms with van der Waals surface area (Å²) in [5.41, 5.74) is 0. The summed E-state index contributed by atoms with van der Waals surface area (Å²) in [5.74, 6) is -0.0738. The highest BCUT2D eigenvalue weighted by molar-refractivity contribution is 5.76. The van der Waals surface area contributed by atoms with Crippen LogP contribution >= 0.6 is 0 Å². The quantitative estimate of drug-likeness (QED) is 0.0320. The zero-order valence-electron chi connectivity index (χ0n) is 52.9. The van der Waals surface area contributed by atoms with Gasteiger partial charge in [-0.3, -0.25) is 9.59 Å². The summed E-state index contributed by atoms with van der Waals surface area (Å²) in [7, 11) is 0. The van der Waals surface area contributed by atoms with Gasteiger partial charge in [0.05, 0.1) is 25.4 Å². The van der Waals surface area contributed by atoms with Crippen LogP contribution in [0.4, 0.5) is 0 Å². The van der Waals surface area contributed by atoms with Crippen LogP contribution in [0.3, 0.4) is 0 Å². The van der Waals surface area contributed by atoms with Crippen LogP contribution in [0.25, 0.3) is 0 Å². The van der Waals surface area contributed by atoms with Crippen molar-refractivity contribution in [1.29, 1.82) is 0 Å². The molecule has 0 aliphatic heterocycles. The van der Waals surface area contributed by atoms with Gasteiger partial charge in [-0.1, -0.05) is 325 Å². The minimum Gasteiger partial charge on any atom is -0.466 e. The summed E-state index contributed by atoms with van der Waals surface area (Å²) in [6, 6.07) is -0.633. The van der Waals surface area contributed by atoms with Crippen LogP contribution in [0.15, 0.2) is 60.8 Å². The highest BCUT2D eigenvalue weighted by Crippen LogP contribution is 2.18. The Morgan fingerprint density at radius 2 is 0.658 bits per heavy atom. The number of aliphatic hydroxyl groups is 2. The summed E-state index contributed by atoms with van der Waals surface area (Å²) in [6.45, 7) is 4.85. The van der Waals surface area contributed by atoms with Crippen molar-refractivity contribution in [2.75, 3.05) is 13.2 Å². The SMILES string of the molecule is CCC/C=C\C/C=C\CCCCCCCC(=O)OCCCCCCCCCCC/C=C\C/C=C\CCCCCCCCCCCCCC(=O)NC(CO)C(O)/C=C/CCCCCCCCCCCCCCCCCCCCCC. The van der Waals surface area contributed by atoms with E-state index < -0.39 is 12.1 Å². The van der Waals surface area contributed by atoms with Gasteiger partial charge in [0.15, 0.2) is 0 Å². The van der Waals surface area contributed by atoms with Gasteiger partial charge in [-0.05, 0) is 89.9 Å². The number of hydrogen-bond acceptors (Lipinski definition) is 5. The van der Waals surface area contributed by atoms with Gasteiger partial charge in [-0.2, -0.15) is 0 Å². The van der Waals surface area contributed by atoms with Gasteiger partial charge in [0.2, 0.25) is 5.91 Å². The predicted molar refractivity (Wildman–Crippen MR) is 347 cm³/mol. The summed E-state index contributed by atoms with van der Waals surface area (Å²) >= 11 is 0. The number of carbonyl (C=O) groups excluding carboxylic acids is 2. The van der Waals surface area contributed by atoms with E-state index in [1.165, 1.54) is 283 Å². The van der Waals surface area contributed by atoms with E-state index in [1.807, 2.05) is 6.08 Å². The van der Waals surface area contributed by atoms with Crippen molar-refractivity contribution >= 4 is 11.9 Å². The molecule has 0 fully saturated rings. The smallest absolute Gasteiger partial charge is 0.305 e. The normalized spacial score (nSPS) is 12.9. The number of rotatable bonds is 65. The van der Waals surface area contributed by atoms with Gasteiger partial charge in [0, 0.05) is 12.8 Å². The Hall–Kier alpha value is -2.44. The Morgan fingerprint density at radius 3 is 1.01 bits per heavy atom. The molecule has 0 aliphatic carbocycles. The molecule has 462 valence electrons. The van der Waals surface area contributed by atoms with E-state index in [4.69, 9.17) is 4.74 Å². The molecule has 0 aromatic carbocycles. The molecular formula is C73H135NO5. The van der Waals surface area contributed by atoms with Crippen LogP contribution in [0.1, 0.15) is 367 Å². The van der Waals surface area contributed by atoms with Crippen molar-refractivity contribution in [3.63, 3.8) is 0 Å². The molecule has 0 bridgehead atoms. The highest BCUT2D eigenvalue weighted by Gasteiger charge is 2.18. The number of allylic oxidation sites excluding steroid dienone is 9. The number of unbranched alkanes of at least 4 members (excludes halogenated alkanes) is 46. The van der Waals surface area contributed by atoms with E-state index in [2.05, 4.69) is 67.8 Å². The number of nitrogens with one attached hydrogen (secondary N) is 1. The molecule has 0 saturated carbocycles. The first-order valence-corrected chi connectivity index (χ1v) is 35.1. The molecule has 0 aliphatic rings. The number of amides is 1. The van der Waals surface area contributed by atoms with Crippen LogP contribution in [-0.2, 0) is 14.3 Å². The molecule has 0 saturated heterocycles. The van der Waals surface area contributed by atoms with Crippen LogP contribution in [0, 0.1) is 0 Å². The Balaban J connectivity index is 3.46. The first-order valence-electron chi connectivity index (χ1n) is 35.1. The maximum atomic E-state index is 12.5. The minimum atomic E-state index is -0.849. The van der Waals surface area contributed by atoms with E-state index in [0.29, 0.717) is 19.4 Å². The lowest BCUT2D eigenvalue weighted by atomic mass is 10.0. The summed E-state index contributed by atoms with van der Waals surface area (Å²) in [4.78, 5) is 24.6. The molecule has 79 heavy (non-hydrogen) atoms. The molecule has 6 nitrogen and oxygen atoms in total. The molecule has 6 heteroatoms. The van der Waals surface area contributed by atoms with Crippen molar-refractivity contribution in [3.8, 4) is 0 Å². The Morgan fingerprint density at radius 1 is 0.354 bits per heavy atom. The van der Waals surface area contributed by atoms with Crippen LogP contribution in [0.2, 0.25) is 0 Å². The third-order valence-electron chi connectivity index (χ3n) is 16.0. The fourth-order valence-corrected chi connectivity index (χ4v) is 10.6. The lowest BCUT2D eigenvalue weighted by Crippen LogP contribution is -2.45. The molecule has 2 unspecified atom stereocenters. The highest BCUT2D eigenvalue weighted by atomic mass is 16.5. The standard InChI is InChI=1S/C73H135NO5/c1-3-5-7-9-11-13-15-17-18-19-20-21-29-32-35-38-42-45-49-53-57-61-65-71(76)70(69-75)74-72(77)66-62-58-54-50-46-43-39-36-33-30-27-25-23-22-24-26-28-31-34-37-40-44-48-52-56-60-64-68-79-73(78)67-63-59-55-51-47-41-16-14-12-10-8-6-4-2/h8,10,14,16,22-23,26,28,61,65,70-71,75-76H,3-7,9,11-13,15,17-21,24-25,27,29-60,62-64,66-69H2,1-2H3,(H,74,77)/b10-8-,16-14-,23-22-,28-26-,65-61+. The average Bonchev–Trinajstić information content (AvgIpc) is 3.45. The van der Waals surface area contributed by atoms with Gasteiger partial charge in [0.1, 0.15) is 0 Å². The van der Waals surface area contributed by atoms with Gasteiger partial charge < -0.3 is 20.3 Å². The van der Waals surface area contributed by atoms with Crippen LogP contribution < -0.4 is 5.32 Å². The Bertz CT molecular complexity index is 1370. The second-order valence-corrected chi connectivity index (χ2v) is 23.9. The molecule has 0 heterocycles. The molecule has 3 N–H and O–H groups in total. The average molecular weight is 1110 g/mol. The molecule has 2 atom stereocenters. The van der Waals surface area contributed by atoms with Crippen LogP contribution in [0.5, 0.6) is 0 Å². The Kier molecular flexibility index (Phi) is 66.0. The van der Waals surface area contributed by atoms with Crippen molar-refractivity contribution in [2.45, 2.75) is 379 Å². The predicted octanol–water partition coefficient (Wildman–Crippen LogP) is 22.6. The zero-order chi connectivity index (χ0) is 57.1. The van der Waals surface area contributed by atoms with Crippen molar-refractivity contribution in [3.05, 3.63) is 60.8 Å². The van der Waals surface area contributed by atoms with E-state index in [0.717, 1.165) is 57.8 Å². The Labute approximate surface area is 492 Å². The van der Waals surface area contributed by atoms with Crippen molar-refractivity contribution in [1.82, 2.24) is 5.32 Å². The topological polar surface area (TPSA) is 95.9 Å². The molecule has 0 aromatic rings. The number of ether oxygens (including phenoxy) is 1. The maximum Gasteiger partial charge on any atom is 0.305 e. The molecule has 0 rings (SSSR count). The monoisotopic (exact) mass is 1110 g/mol. The first-order chi connectivity index (χ1) is 39.0. The molecule has 1 amide bonds. The maximum absolute atomic E-state index is 12.5. The van der Waals surface area contributed by atoms with Gasteiger partial charge >= 0.3 is 5.97 Å². The van der Waals surface area contributed by atoms with Crippen LogP contribution in [-0.4, -0.2) is 47.4 Å². The number of esters is 1. The summed E-state index contributed by atoms with van der Waals surface area (Å²) in [6.07, 6.45) is 90.1. The third-order valence-corrected chi connectivity index (χ3v) is 16.0. The van der Waals surface area contributed by atoms with Crippen molar-refractivity contribution < 1.29 is 24.5 Å². The first kappa shape index (κ1) is 76.6. The fourth-order valence-electron chi connectivity index (χ4n) is 10.6. The van der Waals surface area contributed by atoms with E-state index >= 15 is 0 Å². The second-order valence-electron chi connectivity index (χ2n) is 23.9. The molecule has 0 spiro atoms. The van der Waals surface area contributed by atoms with Gasteiger partial charge in [-0.15, -0.1) is 0 Å². The van der Waals surface area contributed by atoms with E-state index in [9.17, 15) is 19.8 Å². The number of carbonyl (C=O) groups is 2. The lowest BCUT2D eigenvalue weighted by Gasteiger charge is -2.20. The lowest BCUT2D eigenvalue weighted by molar-refractivity contribution is -0.143. The third kappa shape index (κ3) is 64.6. The number of aliphatic hydroxyl groups excluding tert-OH is 2. The van der Waals surface area contributed by atoms with E-state index in [1.54, 1.807) is 6.08 Å². The summed E-state index contributed by atoms with van der Waals surface area (Å²) < 4.78 is 5.47. The zero-order valence-corrected chi connectivity index (χ0v) is 52.9. The largest absolute Gasteiger partial charge is 0.466 e. The minimum absolute atomic E-state index is 0.00534. The second kappa shape index (κ2) is 68.1.